The van der Waals surface area contributed by atoms with Gasteiger partial charge < -0.3 is 15.5 Å². The van der Waals surface area contributed by atoms with Gasteiger partial charge in [-0.25, -0.2) is 0 Å². The summed E-state index contributed by atoms with van der Waals surface area (Å²) in [6.45, 7) is 5.38. The molecule has 2 aliphatic heterocycles. The zero-order valence-electron chi connectivity index (χ0n) is 11.1. The number of piperazine rings is 1. The van der Waals surface area contributed by atoms with E-state index in [1.165, 1.54) is 6.07 Å². The van der Waals surface area contributed by atoms with Crippen molar-refractivity contribution in [2.24, 2.45) is 0 Å². The topological polar surface area (TPSA) is 27.3 Å². The van der Waals surface area contributed by atoms with Crippen LogP contribution in [-0.2, 0) is 6.18 Å². The molecule has 0 aliphatic carbocycles. The van der Waals surface area contributed by atoms with Crippen LogP contribution in [0.1, 0.15) is 17.0 Å². The molecule has 0 amide bonds. The van der Waals surface area contributed by atoms with Crippen molar-refractivity contribution in [3.05, 3.63) is 29.3 Å². The van der Waals surface area contributed by atoms with Gasteiger partial charge in [-0.2, -0.15) is 13.2 Å². The summed E-state index contributed by atoms with van der Waals surface area (Å²) in [5, 5.41) is 6.49. The molecule has 2 heterocycles. The Morgan fingerprint density at radius 1 is 1.20 bits per heavy atom. The van der Waals surface area contributed by atoms with Gasteiger partial charge in [0.2, 0.25) is 0 Å². The molecule has 110 valence electrons. The predicted molar refractivity (Wildman–Crippen MR) is 72.0 cm³/mol. The Balaban J connectivity index is 1.77. The van der Waals surface area contributed by atoms with Gasteiger partial charge in [0, 0.05) is 50.9 Å². The zero-order chi connectivity index (χ0) is 14.2. The summed E-state index contributed by atoms with van der Waals surface area (Å²) >= 11 is 0. The van der Waals surface area contributed by atoms with Gasteiger partial charge in [0.1, 0.15) is 0 Å². The second-order valence-corrected chi connectivity index (χ2v) is 5.43. The maximum atomic E-state index is 12.8. The minimum atomic E-state index is -4.27. The van der Waals surface area contributed by atoms with E-state index < -0.39 is 11.7 Å². The average molecular weight is 285 g/mol. The van der Waals surface area contributed by atoms with E-state index in [1.807, 2.05) is 0 Å². The van der Waals surface area contributed by atoms with E-state index in [9.17, 15) is 13.2 Å². The largest absolute Gasteiger partial charge is 0.416 e. The van der Waals surface area contributed by atoms with Crippen molar-refractivity contribution >= 4 is 5.69 Å². The SMILES string of the molecule is FC(F)(F)c1ccc2c(c1)C(CN1CCNCC1)CN2. The highest BCUT2D eigenvalue weighted by Crippen LogP contribution is 2.37. The van der Waals surface area contributed by atoms with Crippen molar-refractivity contribution in [1.29, 1.82) is 0 Å². The van der Waals surface area contributed by atoms with E-state index in [2.05, 4.69) is 15.5 Å². The van der Waals surface area contributed by atoms with E-state index in [0.717, 1.165) is 56.6 Å². The first kappa shape index (κ1) is 13.7. The van der Waals surface area contributed by atoms with E-state index in [4.69, 9.17) is 0 Å². The quantitative estimate of drug-likeness (QED) is 0.871. The van der Waals surface area contributed by atoms with Crippen molar-refractivity contribution in [3.63, 3.8) is 0 Å². The minimum Gasteiger partial charge on any atom is -0.384 e. The van der Waals surface area contributed by atoms with Crippen molar-refractivity contribution in [3.8, 4) is 0 Å². The number of halogens is 3. The van der Waals surface area contributed by atoms with Crippen molar-refractivity contribution in [2.45, 2.75) is 12.1 Å². The lowest BCUT2D eigenvalue weighted by Gasteiger charge is -2.29. The molecule has 1 unspecified atom stereocenters. The lowest BCUT2D eigenvalue weighted by atomic mass is 9.98. The van der Waals surface area contributed by atoms with Gasteiger partial charge in [0.05, 0.1) is 5.56 Å². The Labute approximate surface area is 116 Å². The summed E-state index contributed by atoms with van der Waals surface area (Å²) in [7, 11) is 0. The van der Waals surface area contributed by atoms with Gasteiger partial charge in [-0.3, -0.25) is 0 Å². The number of nitrogens with zero attached hydrogens (tertiary/aromatic N) is 1. The molecule has 0 spiro atoms. The lowest BCUT2D eigenvalue weighted by molar-refractivity contribution is -0.137. The monoisotopic (exact) mass is 285 g/mol. The number of hydrogen-bond acceptors (Lipinski definition) is 3. The molecular weight excluding hydrogens is 267 g/mol. The lowest BCUT2D eigenvalue weighted by Crippen LogP contribution is -2.45. The van der Waals surface area contributed by atoms with Crippen LogP contribution in [-0.4, -0.2) is 44.2 Å². The Morgan fingerprint density at radius 3 is 2.65 bits per heavy atom. The van der Waals surface area contributed by atoms with Gasteiger partial charge >= 0.3 is 6.18 Å². The van der Waals surface area contributed by atoms with Crippen LogP contribution in [0.2, 0.25) is 0 Å². The van der Waals surface area contributed by atoms with E-state index in [1.54, 1.807) is 6.07 Å². The van der Waals surface area contributed by atoms with Gasteiger partial charge in [-0.15, -0.1) is 0 Å². The smallest absolute Gasteiger partial charge is 0.384 e. The fraction of sp³-hybridized carbons (Fsp3) is 0.571. The third-order valence-electron chi connectivity index (χ3n) is 4.05. The molecule has 0 bridgehead atoms. The number of alkyl halides is 3. The molecule has 1 atom stereocenters. The first-order chi connectivity index (χ1) is 9.54. The molecule has 0 saturated carbocycles. The van der Waals surface area contributed by atoms with Crippen LogP contribution < -0.4 is 10.6 Å². The third-order valence-corrected chi connectivity index (χ3v) is 4.05. The minimum absolute atomic E-state index is 0.144. The second-order valence-electron chi connectivity index (χ2n) is 5.43. The van der Waals surface area contributed by atoms with Crippen LogP contribution in [0.5, 0.6) is 0 Å². The normalized spacial score (nSPS) is 23.4. The molecule has 6 heteroatoms. The molecule has 1 aromatic carbocycles. The number of fused-ring (bicyclic) bond motifs is 1. The Morgan fingerprint density at radius 2 is 1.95 bits per heavy atom. The highest BCUT2D eigenvalue weighted by Gasteiger charge is 2.33. The molecule has 2 N–H and O–H groups in total. The predicted octanol–water partition coefficient (Wildman–Crippen LogP) is 2.12. The summed E-state index contributed by atoms with van der Waals surface area (Å²) in [6, 6.07) is 4.01. The third kappa shape index (κ3) is 2.76. The summed E-state index contributed by atoms with van der Waals surface area (Å²) in [5.41, 5.74) is 1.10. The van der Waals surface area contributed by atoms with Gasteiger partial charge in [0.15, 0.2) is 0 Å². The molecule has 20 heavy (non-hydrogen) atoms. The van der Waals surface area contributed by atoms with Crippen LogP contribution >= 0.6 is 0 Å². The average Bonchev–Trinajstić information content (AvgIpc) is 2.82. The summed E-state index contributed by atoms with van der Waals surface area (Å²) in [6.07, 6.45) is -4.27. The van der Waals surface area contributed by atoms with Crippen LogP contribution in [0, 0.1) is 0 Å². The number of benzene rings is 1. The summed E-state index contributed by atoms with van der Waals surface area (Å²) < 4.78 is 38.4. The van der Waals surface area contributed by atoms with E-state index in [-0.39, 0.29) is 5.92 Å². The molecule has 0 radical (unpaired) electrons. The molecule has 1 fully saturated rings. The van der Waals surface area contributed by atoms with Crippen LogP contribution in [0.25, 0.3) is 0 Å². The number of hydrogen-bond donors (Lipinski definition) is 2. The highest BCUT2D eigenvalue weighted by molar-refractivity contribution is 5.59. The van der Waals surface area contributed by atoms with Crippen LogP contribution in [0.15, 0.2) is 18.2 Å². The first-order valence-electron chi connectivity index (χ1n) is 6.92. The maximum absolute atomic E-state index is 12.8. The Hall–Kier alpha value is -1.27. The standard InChI is InChI=1S/C14H18F3N3/c15-14(16,17)11-1-2-13-12(7-11)10(8-19-13)9-20-5-3-18-4-6-20/h1-2,7,10,18-19H,3-6,8-9H2. The molecule has 3 nitrogen and oxygen atoms in total. The Kier molecular flexibility index (Phi) is 3.60. The second kappa shape index (κ2) is 5.26. The molecule has 1 aromatic rings. The zero-order valence-corrected chi connectivity index (χ0v) is 11.1. The Bertz CT molecular complexity index is 481. The van der Waals surface area contributed by atoms with Gasteiger partial charge in [-0.05, 0) is 23.8 Å². The van der Waals surface area contributed by atoms with Crippen molar-refractivity contribution in [1.82, 2.24) is 10.2 Å². The number of anilines is 1. The van der Waals surface area contributed by atoms with Gasteiger partial charge in [0.25, 0.3) is 0 Å². The number of nitrogens with one attached hydrogen (secondary N) is 2. The van der Waals surface area contributed by atoms with Crippen molar-refractivity contribution in [2.75, 3.05) is 44.6 Å². The molecule has 0 aromatic heterocycles. The van der Waals surface area contributed by atoms with Gasteiger partial charge in [-0.1, -0.05) is 0 Å². The number of rotatable bonds is 2. The van der Waals surface area contributed by atoms with Crippen molar-refractivity contribution < 1.29 is 13.2 Å². The fourth-order valence-corrected chi connectivity index (χ4v) is 2.95. The molecule has 3 rings (SSSR count). The fourth-order valence-electron chi connectivity index (χ4n) is 2.95. The first-order valence-corrected chi connectivity index (χ1v) is 6.92. The maximum Gasteiger partial charge on any atom is 0.416 e. The van der Waals surface area contributed by atoms with Crippen LogP contribution in [0.3, 0.4) is 0 Å². The summed E-state index contributed by atoms with van der Waals surface area (Å²) in [5.74, 6) is 0.144. The molecule has 2 aliphatic rings. The van der Waals surface area contributed by atoms with E-state index >= 15 is 0 Å². The highest BCUT2D eigenvalue weighted by atomic mass is 19.4. The molecular formula is C14H18F3N3. The summed E-state index contributed by atoms with van der Waals surface area (Å²) in [4.78, 5) is 2.32. The van der Waals surface area contributed by atoms with E-state index in [0.29, 0.717) is 0 Å². The molecule has 1 saturated heterocycles. The van der Waals surface area contributed by atoms with Crippen LogP contribution in [0.4, 0.5) is 18.9 Å².